The molecule has 1 saturated carbocycles. The largest absolute Gasteiger partial charge is 0.489 e. The van der Waals surface area contributed by atoms with Crippen molar-refractivity contribution in [2.75, 3.05) is 0 Å². The molecular weight excluding hydrogens is 272 g/mol. The first-order chi connectivity index (χ1) is 10.7. The maximum atomic E-state index is 11.0. The van der Waals surface area contributed by atoms with Crippen molar-refractivity contribution >= 4 is 0 Å². The lowest BCUT2D eigenvalue weighted by Gasteiger charge is -2.34. The average molecular weight is 296 g/mol. The third kappa shape index (κ3) is 3.33. The van der Waals surface area contributed by atoms with Crippen LogP contribution in [0.25, 0.3) is 0 Å². The highest BCUT2D eigenvalue weighted by Gasteiger charge is 2.33. The van der Waals surface area contributed by atoms with Gasteiger partial charge in [-0.1, -0.05) is 61.7 Å². The SMILES string of the molecule is Cc1ccc(C2(O)CCCCC2)c(OCc2ccccc2)c1. The summed E-state index contributed by atoms with van der Waals surface area (Å²) >= 11 is 0. The van der Waals surface area contributed by atoms with Crippen molar-refractivity contribution in [3.05, 3.63) is 65.2 Å². The van der Waals surface area contributed by atoms with Crippen molar-refractivity contribution < 1.29 is 9.84 Å². The highest BCUT2D eigenvalue weighted by molar-refractivity contribution is 5.41. The van der Waals surface area contributed by atoms with Crippen LogP contribution in [0.15, 0.2) is 48.5 Å². The Balaban J connectivity index is 1.84. The monoisotopic (exact) mass is 296 g/mol. The standard InChI is InChI=1S/C20H24O2/c1-16-10-11-18(20(21)12-6-3-7-13-20)19(14-16)22-15-17-8-4-2-5-9-17/h2,4-5,8-11,14,21H,3,6-7,12-13,15H2,1H3. The zero-order valence-corrected chi connectivity index (χ0v) is 13.2. The molecule has 0 aromatic heterocycles. The summed E-state index contributed by atoms with van der Waals surface area (Å²) in [5, 5.41) is 11.0. The summed E-state index contributed by atoms with van der Waals surface area (Å²) < 4.78 is 6.06. The molecule has 3 rings (SSSR count). The maximum Gasteiger partial charge on any atom is 0.126 e. The van der Waals surface area contributed by atoms with Crippen LogP contribution < -0.4 is 4.74 Å². The lowest BCUT2D eigenvalue weighted by atomic mass is 9.79. The first kappa shape index (κ1) is 15.1. The fraction of sp³-hybridized carbons (Fsp3) is 0.400. The summed E-state index contributed by atoms with van der Waals surface area (Å²) in [7, 11) is 0. The van der Waals surface area contributed by atoms with E-state index in [0.29, 0.717) is 6.61 Å². The molecule has 0 bridgehead atoms. The Morgan fingerprint density at radius 3 is 2.45 bits per heavy atom. The van der Waals surface area contributed by atoms with E-state index in [1.165, 1.54) is 6.42 Å². The van der Waals surface area contributed by atoms with E-state index in [2.05, 4.69) is 25.1 Å². The smallest absolute Gasteiger partial charge is 0.126 e. The minimum absolute atomic E-state index is 0.535. The Hall–Kier alpha value is -1.80. The third-order valence-corrected chi connectivity index (χ3v) is 4.56. The van der Waals surface area contributed by atoms with E-state index in [-0.39, 0.29) is 0 Å². The molecule has 2 heteroatoms. The summed E-state index contributed by atoms with van der Waals surface area (Å²) in [6, 6.07) is 16.3. The molecule has 0 heterocycles. The lowest BCUT2D eigenvalue weighted by molar-refractivity contribution is -0.00322. The summed E-state index contributed by atoms with van der Waals surface area (Å²) in [6.45, 7) is 2.59. The molecule has 1 aliphatic rings. The summed E-state index contributed by atoms with van der Waals surface area (Å²) in [5.41, 5.74) is 2.53. The van der Waals surface area contributed by atoms with Gasteiger partial charge in [0.2, 0.25) is 0 Å². The van der Waals surface area contributed by atoms with Gasteiger partial charge in [-0.25, -0.2) is 0 Å². The maximum absolute atomic E-state index is 11.0. The number of ether oxygens (including phenoxy) is 1. The molecule has 0 spiro atoms. The third-order valence-electron chi connectivity index (χ3n) is 4.56. The van der Waals surface area contributed by atoms with Crippen molar-refractivity contribution in [1.82, 2.24) is 0 Å². The number of benzene rings is 2. The van der Waals surface area contributed by atoms with Crippen molar-refractivity contribution in [3.63, 3.8) is 0 Å². The molecule has 2 nitrogen and oxygen atoms in total. The van der Waals surface area contributed by atoms with Crippen molar-refractivity contribution in [3.8, 4) is 5.75 Å². The normalized spacial score (nSPS) is 17.2. The second kappa shape index (κ2) is 6.53. The molecule has 2 aromatic carbocycles. The Labute approximate surface area is 132 Å². The zero-order valence-electron chi connectivity index (χ0n) is 13.2. The van der Waals surface area contributed by atoms with Crippen LogP contribution in [-0.4, -0.2) is 5.11 Å². The van der Waals surface area contributed by atoms with E-state index >= 15 is 0 Å². The van der Waals surface area contributed by atoms with Gasteiger partial charge in [-0.2, -0.15) is 0 Å². The molecule has 0 radical (unpaired) electrons. The molecule has 1 aliphatic carbocycles. The highest BCUT2D eigenvalue weighted by atomic mass is 16.5. The molecule has 0 unspecified atom stereocenters. The van der Waals surface area contributed by atoms with Gasteiger partial charge in [0, 0.05) is 5.56 Å². The van der Waals surface area contributed by atoms with E-state index in [1.807, 2.05) is 30.3 Å². The van der Waals surface area contributed by atoms with Gasteiger partial charge in [-0.3, -0.25) is 0 Å². The summed E-state index contributed by atoms with van der Waals surface area (Å²) in [5.74, 6) is 0.827. The lowest BCUT2D eigenvalue weighted by Crippen LogP contribution is -2.29. The Morgan fingerprint density at radius 1 is 1.00 bits per heavy atom. The van der Waals surface area contributed by atoms with E-state index in [1.54, 1.807) is 0 Å². The number of aryl methyl sites for hydroxylation is 1. The Bertz CT molecular complexity index is 613. The van der Waals surface area contributed by atoms with E-state index in [4.69, 9.17) is 4.74 Å². The quantitative estimate of drug-likeness (QED) is 0.884. The molecule has 116 valence electrons. The predicted octanol–water partition coefficient (Wildman–Crippen LogP) is 4.73. The number of rotatable bonds is 4. The molecule has 0 saturated heterocycles. The molecule has 2 aromatic rings. The van der Waals surface area contributed by atoms with E-state index in [9.17, 15) is 5.11 Å². The Morgan fingerprint density at radius 2 is 1.73 bits per heavy atom. The van der Waals surface area contributed by atoms with Gasteiger partial charge in [0.1, 0.15) is 12.4 Å². The fourth-order valence-electron chi connectivity index (χ4n) is 3.27. The van der Waals surface area contributed by atoms with Gasteiger partial charge in [0.15, 0.2) is 0 Å². The first-order valence-electron chi connectivity index (χ1n) is 8.18. The summed E-state index contributed by atoms with van der Waals surface area (Å²) in [6.07, 6.45) is 5.05. The van der Waals surface area contributed by atoms with Gasteiger partial charge in [-0.15, -0.1) is 0 Å². The van der Waals surface area contributed by atoms with Crippen LogP contribution >= 0.6 is 0 Å². The number of hydrogen-bond donors (Lipinski definition) is 1. The van der Waals surface area contributed by atoms with Crippen LogP contribution in [0.3, 0.4) is 0 Å². The fourth-order valence-corrected chi connectivity index (χ4v) is 3.27. The van der Waals surface area contributed by atoms with Crippen molar-refractivity contribution in [1.29, 1.82) is 0 Å². The second-order valence-electron chi connectivity index (χ2n) is 6.37. The number of hydrogen-bond acceptors (Lipinski definition) is 2. The van der Waals surface area contributed by atoms with Crippen LogP contribution in [0.2, 0.25) is 0 Å². The second-order valence-corrected chi connectivity index (χ2v) is 6.37. The van der Waals surface area contributed by atoms with Crippen LogP contribution in [0, 0.1) is 6.92 Å². The van der Waals surface area contributed by atoms with E-state index < -0.39 is 5.60 Å². The van der Waals surface area contributed by atoms with Gasteiger partial charge >= 0.3 is 0 Å². The van der Waals surface area contributed by atoms with Gasteiger partial charge in [-0.05, 0) is 37.0 Å². The average Bonchev–Trinajstić information content (AvgIpc) is 2.54. The predicted molar refractivity (Wildman–Crippen MR) is 88.9 cm³/mol. The zero-order chi connectivity index (χ0) is 15.4. The van der Waals surface area contributed by atoms with Crippen molar-refractivity contribution in [2.24, 2.45) is 0 Å². The molecular formula is C20H24O2. The minimum atomic E-state index is -0.724. The number of aliphatic hydroxyl groups is 1. The molecule has 1 N–H and O–H groups in total. The van der Waals surface area contributed by atoms with Crippen LogP contribution in [0.4, 0.5) is 0 Å². The van der Waals surface area contributed by atoms with Gasteiger partial charge in [0.25, 0.3) is 0 Å². The van der Waals surface area contributed by atoms with Gasteiger partial charge < -0.3 is 9.84 Å². The highest BCUT2D eigenvalue weighted by Crippen LogP contribution is 2.41. The molecule has 1 fully saturated rings. The van der Waals surface area contributed by atoms with E-state index in [0.717, 1.165) is 48.1 Å². The molecule has 0 amide bonds. The summed E-state index contributed by atoms with van der Waals surface area (Å²) in [4.78, 5) is 0. The van der Waals surface area contributed by atoms with Crippen LogP contribution in [-0.2, 0) is 12.2 Å². The van der Waals surface area contributed by atoms with Crippen LogP contribution in [0.5, 0.6) is 5.75 Å². The van der Waals surface area contributed by atoms with Crippen LogP contribution in [0.1, 0.15) is 48.8 Å². The van der Waals surface area contributed by atoms with Gasteiger partial charge in [0.05, 0.1) is 5.60 Å². The molecule has 0 atom stereocenters. The Kier molecular flexibility index (Phi) is 4.49. The van der Waals surface area contributed by atoms with Crippen molar-refractivity contribution in [2.45, 2.75) is 51.2 Å². The molecule has 22 heavy (non-hydrogen) atoms. The first-order valence-corrected chi connectivity index (χ1v) is 8.18. The minimum Gasteiger partial charge on any atom is -0.489 e. The topological polar surface area (TPSA) is 29.5 Å². The molecule has 0 aliphatic heterocycles.